The molecule has 1 aromatic heterocycles. The Balaban J connectivity index is 3.48. The fourth-order valence-corrected chi connectivity index (χ4v) is 1.17. The van der Waals surface area contributed by atoms with Crippen molar-refractivity contribution in [2.75, 3.05) is 0 Å². The third-order valence-electron chi connectivity index (χ3n) is 1.90. The number of hydrogen-bond acceptors (Lipinski definition) is 4. The summed E-state index contributed by atoms with van der Waals surface area (Å²) < 4.78 is 25.0. The maximum atomic E-state index is 12.5. The van der Waals surface area contributed by atoms with Crippen molar-refractivity contribution in [1.82, 2.24) is 4.98 Å². The predicted octanol–water partition coefficient (Wildman–Crippen LogP) is 1.05. The van der Waals surface area contributed by atoms with Gasteiger partial charge in [-0.3, -0.25) is 0 Å². The summed E-state index contributed by atoms with van der Waals surface area (Å²) in [6.45, 7) is -0.265. The highest BCUT2D eigenvalue weighted by atomic mass is 19.3. The summed E-state index contributed by atoms with van der Waals surface area (Å²) in [5, 5.41) is 17.3. The van der Waals surface area contributed by atoms with Crippen LogP contribution in [0.3, 0.4) is 0 Å². The second kappa shape index (κ2) is 4.63. The molecule has 0 aliphatic carbocycles. The molecule has 0 aromatic carbocycles. The number of halogens is 2. The van der Waals surface area contributed by atoms with Crippen LogP contribution in [-0.2, 0) is 6.54 Å². The highest BCUT2D eigenvalue weighted by Crippen LogP contribution is 2.23. The lowest BCUT2D eigenvalue weighted by Crippen LogP contribution is -2.11. The van der Waals surface area contributed by atoms with Crippen LogP contribution < -0.4 is 5.73 Å². The Hall–Kier alpha value is -2.07. The molecule has 0 atom stereocenters. The zero-order valence-electron chi connectivity index (χ0n) is 7.94. The molecule has 16 heavy (non-hydrogen) atoms. The van der Waals surface area contributed by atoms with Gasteiger partial charge in [0, 0.05) is 6.54 Å². The summed E-state index contributed by atoms with van der Waals surface area (Å²) in [5.74, 6) is -1.40. The first kappa shape index (κ1) is 12.0. The lowest BCUT2D eigenvalue weighted by atomic mass is 10.1. The standard InChI is InChI=1S/C9H7F2N3O2/c10-8(11)7-4(2-12)1-5(9(15)16)6(3-13)14-7/h1,8H,2,12H2,(H,15,16). The molecule has 0 aliphatic heterocycles. The topological polar surface area (TPSA) is 100 Å². The molecule has 0 bridgehead atoms. The van der Waals surface area contributed by atoms with E-state index in [1.54, 1.807) is 0 Å². The van der Waals surface area contributed by atoms with E-state index < -0.39 is 29.3 Å². The molecule has 0 amide bonds. The molecule has 0 radical (unpaired) electrons. The van der Waals surface area contributed by atoms with Gasteiger partial charge in [0.05, 0.1) is 5.56 Å². The zero-order valence-corrected chi connectivity index (χ0v) is 7.94. The van der Waals surface area contributed by atoms with Crippen LogP contribution in [0.25, 0.3) is 0 Å². The van der Waals surface area contributed by atoms with Gasteiger partial charge in [0.2, 0.25) is 0 Å². The Labute approximate surface area is 89.1 Å². The first-order valence-electron chi connectivity index (χ1n) is 4.16. The highest BCUT2D eigenvalue weighted by Gasteiger charge is 2.20. The van der Waals surface area contributed by atoms with E-state index in [4.69, 9.17) is 16.1 Å². The van der Waals surface area contributed by atoms with Crippen molar-refractivity contribution >= 4 is 5.97 Å². The van der Waals surface area contributed by atoms with Gasteiger partial charge in [-0.05, 0) is 11.6 Å². The van der Waals surface area contributed by atoms with Crippen LogP contribution in [-0.4, -0.2) is 16.1 Å². The van der Waals surface area contributed by atoms with Crippen molar-refractivity contribution in [3.8, 4) is 6.07 Å². The van der Waals surface area contributed by atoms with Crippen molar-refractivity contribution in [3.63, 3.8) is 0 Å². The summed E-state index contributed by atoms with van der Waals surface area (Å²) in [6, 6.07) is 2.41. The normalized spacial score (nSPS) is 10.2. The Morgan fingerprint density at radius 2 is 2.31 bits per heavy atom. The van der Waals surface area contributed by atoms with Crippen LogP contribution in [0.1, 0.15) is 33.7 Å². The van der Waals surface area contributed by atoms with E-state index in [-0.39, 0.29) is 12.1 Å². The smallest absolute Gasteiger partial charge is 0.338 e. The summed E-state index contributed by atoms with van der Waals surface area (Å²) in [7, 11) is 0. The van der Waals surface area contributed by atoms with E-state index in [1.165, 1.54) is 6.07 Å². The molecule has 0 fully saturated rings. The van der Waals surface area contributed by atoms with Gasteiger partial charge < -0.3 is 10.8 Å². The molecule has 0 aliphatic rings. The Morgan fingerprint density at radius 1 is 1.69 bits per heavy atom. The fraction of sp³-hybridized carbons (Fsp3) is 0.222. The minimum atomic E-state index is -2.89. The van der Waals surface area contributed by atoms with Crippen LogP contribution in [0.5, 0.6) is 0 Å². The summed E-state index contributed by atoms with van der Waals surface area (Å²) >= 11 is 0. The molecule has 0 saturated carbocycles. The van der Waals surface area contributed by atoms with Crippen molar-refractivity contribution in [3.05, 3.63) is 28.6 Å². The lowest BCUT2D eigenvalue weighted by molar-refractivity contribution is 0.0695. The number of rotatable bonds is 3. The Kier molecular flexibility index (Phi) is 3.48. The Morgan fingerprint density at radius 3 is 2.69 bits per heavy atom. The van der Waals surface area contributed by atoms with Gasteiger partial charge in [-0.25, -0.2) is 18.6 Å². The average molecular weight is 227 g/mol. The number of nitrogens with zero attached hydrogens (tertiary/aromatic N) is 2. The number of nitrogens with two attached hydrogens (primary N) is 1. The predicted molar refractivity (Wildman–Crippen MR) is 48.8 cm³/mol. The van der Waals surface area contributed by atoms with E-state index in [2.05, 4.69) is 4.98 Å². The van der Waals surface area contributed by atoms with E-state index in [1.807, 2.05) is 0 Å². The van der Waals surface area contributed by atoms with Crippen LogP contribution in [0, 0.1) is 11.3 Å². The third-order valence-corrected chi connectivity index (χ3v) is 1.90. The zero-order chi connectivity index (χ0) is 12.3. The van der Waals surface area contributed by atoms with Crippen molar-refractivity contribution in [2.24, 2.45) is 5.73 Å². The quantitative estimate of drug-likeness (QED) is 0.803. The minimum Gasteiger partial charge on any atom is -0.478 e. The fourth-order valence-electron chi connectivity index (χ4n) is 1.17. The van der Waals surface area contributed by atoms with Crippen molar-refractivity contribution < 1.29 is 18.7 Å². The number of carbonyl (C=O) groups is 1. The molecule has 1 aromatic rings. The van der Waals surface area contributed by atoms with E-state index >= 15 is 0 Å². The maximum absolute atomic E-state index is 12.5. The van der Waals surface area contributed by atoms with Gasteiger partial charge in [0.25, 0.3) is 6.43 Å². The highest BCUT2D eigenvalue weighted by molar-refractivity contribution is 5.90. The van der Waals surface area contributed by atoms with Crippen LogP contribution in [0.15, 0.2) is 6.07 Å². The molecule has 3 N–H and O–H groups in total. The van der Waals surface area contributed by atoms with Crippen molar-refractivity contribution in [2.45, 2.75) is 13.0 Å². The van der Waals surface area contributed by atoms with E-state index in [9.17, 15) is 13.6 Å². The molecule has 1 heterocycles. The number of aromatic carboxylic acids is 1. The summed E-state index contributed by atoms with van der Waals surface area (Å²) in [5.41, 5.74) is 3.51. The molecule has 0 saturated heterocycles. The first-order valence-corrected chi connectivity index (χ1v) is 4.16. The van der Waals surface area contributed by atoms with Gasteiger partial charge in [-0.2, -0.15) is 5.26 Å². The number of nitriles is 1. The van der Waals surface area contributed by atoms with Gasteiger partial charge in [0.15, 0.2) is 5.69 Å². The number of pyridine rings is 1. The van der Waals surface area contributed by atoms with Gasteiger partial charge in [-0.15, -0.1) is 0 Å². The first-order chi connectivity index (χ1) is 7.51. The van der Waals surface area contributed by atoms with Gasteiger partial charge in [-0.1, -0.05) is 0 Å². The maximum Gasteiger partial charge on any atom is 0.338 e. The number of alkyl halides is 2. The van der Waals surface area contributed by atoms with Gasteiger partial charge >= 0.3 is 5.97 Å². The summed E-state index contributed by atoms with van der Waals surface area (Å²) in [6.07, 6.45) is -2.89. The molecular formula is C9H7F2N3O2. The second-order valence-corrected chi connectivity index (χ2v) is 2.85. The number of carboxylic acids is 1. The monoisotopic (exact) mass is 227 g/mol. The lowest BCUT2D eigenvalue weighted by Gasteiger charge is -2.08. The number of hydrogen-bond donors (Lipinski definition) is 2. The molecule has 0 unspecified atom stereocenters. The molecule has 84 valence electrons. The molecule has 7 heteroatoms. The van der Waals surface area contributed by atoms with Crippen LogP contribution in [0.4, 0.5) is 8.78 Å². The minimum absolute atomic E-state index is 0.0774. The van der Waals surface area contributed by atoms with E-state index in [0.717, 1.165) is 6.07 Å². The third kappa shape index (κ3) is 2.12. The Bertz CT molecular complexity index is 469. The molecular weight excluding hydrogens is 220 g/mol. The number of aromatic nitrogens is 1. The van der Waals surface area contributed by atoms with Gasteiger partial charge in [0.1, 0.15) is 11.8 Å². The molecule has 5 nitrogen and oxygen atoms in total. The second-order valence-electron chi connectivity index (χ2n) is 2.85. The van der Waals surface area contributed by atoms with E-state index in [0.29, 0.717) is 0 Å². The summed E-state index contributed by atoms with van der Waals surface area (Å²) in [4.78, 5) is 14.0. The van der Waals surface area contributed by atoms with Crippen molar-refractivity contribution in [1.29, 1.82) is 5.26 Å². The van der Waals surface area contributed by atoms with Crippen LogP contribution in [0.2, 0.25) is 0 Å². The SMILES string of the molecule is N#Cc1nc(C(F)F)c(CN)cc1C(=O)O. The largest absolute Gasteiger partial charge is 0.478 e. The van der Waals surface area contributed by atoms with Crippen LogP contribution >= 0.6 is 0 Å². The number of carboxylic acid groups (broad SMARTS) is 1. The average Bonchev–Trinajstić information content (AvgIpc) is 2.26. The molecule has 1 rings (SSSR count). The molecule has 0 spiro atoms.